The molecule has 1 amide bonds. The van der Waals surface area contributed by atoms with Crippen LogP contribution in [-0.2, 0) is 4.74 Å². The Labute approximate surface area is 209 Å². The molecule has 0 saturated heterocycles. The molecule has 3 aromatic carbocycles. The van der Waals surface area contributed by atoms with Crippen molar-refractivity contribution in [2.75, 3.05) is 11.5 Å². The van der Waals surface area contributed by atoms with Gasteiger partial charge in [0.1, 0.15) is 5.58 Å². The maximum absolute atomic E-state index is 13.8. The van der Waals surface area contributed by atoms with Gasteiger partial charge in [-0.2, -0.15) is 0 Å². The molecular formula is C28H20N2O5S. The highest BCUT2D eigenvalue weighted by Gasteiger charge is 2.45. The van der Waals surface area contributed by atoms with Gasteiger partial charge in [0.15, 0.2) is 10.6 Å². The summed E-state index contributed by atoms with van der Waals surface area (Å²) in [6.45, 7) is 4.01. The van der Waals surface area contributed by atoms with Crippen molar-refractivity contribution in [3.63, 3.8) is 0 Å². The molecule has 0 fully saturated rings. The van der Waals surface area contributed by atoms with E-state index in [1.807, 2.05) is 31.2 Å². The minimum Gasteiger partial charge on any atom is -0.462 e. The standard InChI is InChI=1S/C28H20N2O5S/c1-3-34-27(33)17-12-13-19-21(14-17)36-28(29-19)30-23(16-10-8-15(2)9-11-16)22-24(31)18-6-4-5-7-20(18)35-25(22)26(30)32/h4-14,23H,3H2,1-2H3/t23-/m0/s1. The van der Waals surface area contributed by atoms with Gasteiger partial charge in [-0.15, -0.1) is 0 Å². The Kier molecular flexibility index (Phi) is 5.19. The number of carbonyl (C=O) groups is 2. The quantitative estimate of drug-likeness (QED) is 0.299. The van der Waals surface area contributed by atoms with Gasteiger partial charge >= 0.3 is 5.97 Å². The molecule has 0 aliphatic carbocycles. The minimum absolute atomic E-state index is 0.0238. The number of hydrogen-bond acceptors (Lipinski definition) is 7. The normalized spacial score (nSPS) is 15.0. The first-order valence-electron chi connectivity index (χ1n) is 11.5. The van der Waals surface area contributed by atoms with Crippen LogP contribution in [0.1, 0.15) is 50.6 Å². The molecule has 5 aromatic rings. The molecule has 7 nitrogen and oxygen atoms in total. The molecule has 6 rings (SSSR count). The Bertz CT molecular complexity index is 1740. The molecule has 0 spiro atoms. The number of nitrogens with zero attached hydrogens (tertiary/aromatic N) is 2. The number of anilines is 1. The number of ether oxygens (including phenoxy) is 1. The Morgan fingerprint density at radius 3 is 2.64 bits per heavy atom. The molecule has 0 saturated carbocycles. The molecule has 8 heteroatoms. The predicted octanol–water partition coefficient (Wildman–Crippen LogP) is 5.64. The number of aromatic nitrogens is 1. The largest absolute Gasteiger partial charge is 0.462 e. The van der Waals surface area contributed by atoms with E-state index in [1.54, 1.807) is 49.4 Å². The van der Waals surface area contributed by atoms with E-state index >= 15 is 0 Å². The Balaban J connectivity index is 1.55. The first-order valence-corrected chi connectivity index (χ1v) is 12.3. The van der Waals surface area contributed by atoms with Crippen molar-refractivity contribution in [3.05, 3.63) is 105 Å². The van der Waals surface area contributed by atoms with Gasteiger partial charge in [0.2, 0.25) is 5.76 Å². The monoisotopic (exact) mass is 496 g/mol. The van der Waals surface area contributed by atoms with Crippen LogP contribution in [0, 0.1) is 6.92 Å². The van der Waals surface area contributed by atoms with Crippen molar-refractivity contribution in [1.82, 2.24) is 4.98 Å². The SMILES string of the molecule is CCOC(=O)c1ccc2nc(N3C(=O)c4oc5ccccc5c(=O)c4[C@@H]3c3ccc(C)cc3)sc2c1. The van der Waals surface area contributed by atoms with E-state index < -0.39 is 17.9 Å². The van der Waals surface area contributed by atoms with Crippen molar-refractivity contribution >= 4 is 49.5 Å². The van der Waals surface area contributed by atoms with Gasteiger partial charge in [-0.25, -0.2) is 9.78 Å². The predicted molar refractivity (Wildman–Crippen MR) is 138 cm³/mol. The zero-order valence-electron chi connectivity index (χ0n) is 19.5. The number of thiazole rings is 1. The molecule has 36 heavy (non-hydrogen) atoms. The van der Waals surface area contributed by atoms with Crippen LogP contribution in [-0.4, -0.2) is 23.5 Å². The third-order valence-electron chi connectivity index (χ3n) is 6.27. The van der Waals surface area contributed by atoms with Crippen LogP contribution in [0.15, 0.2) is 75.9 Å². The van der Waals surface area contributed by atoms with Crippen molar-refractivity contribution in [1.29, 1.82) is 0 Å². The Morgan fingerprint density at radius 1 is 1.08 bits per heavy atom. The van der Waals surface area contributed by atoms with E-state index in [9.17, 15) is 14.4 Å². The fourth-order valence-electron chi connectivity index (χ4n) is 4.54. The third-order valence-corrected chi connectivity index (χ3v) is 7.28. The van der Waals surface area contributed by atoms with E-state index in [0.29, 0.717) is 32.7 Å². The van der Waals surface area contributed by atoms with E-state index in [0.717, 1.165) is 15.8 Å². The summed E-state index contributed by atoms with van der Waals surface area (Å²) in [5.74, 6) is -0.822. The van der Waals surface area contributed by atoms with Gasteiger partial charge in [0, 0.05) is 0 Å². The summed E-state index contributed by atoms with van der Waals surface area (Å²) in [5, 5.41) is 0.836. The lowest BCUT2D eigenvalue weighted by Crippen LogP contribution is -2.29. The molecule has 1 aliphatic rings. The van der Waals surface area contributed by atoms with E-state index in [4.69, 9.17) is 14.1 Å². The first-order chi connectivity index (χ1) is 17.5. The average molecular weight is 497 g/mol. The van der Waals surface area contributed by atoms with Gasteiger partial charge < -0.3 is 9.15 Å². The molecule has 0 bridgehead atoms. The maximum atomic E-state index is 13.8. The molecule has 0 unspecified atom stereocenters. The highest BCUT2D eigenvalue weighted by molar-refractivity contribution is 7.22. The second-order valence-corrected chi connectivity index (χ2v) is 9.57. The summed E-state index contributed by atoms with van der Waals surface area (Å²) in [7, 11) is 0. The van der Waals surface area contributed by atoms with Crippen LogP contribution < -0.4 is 10.3 Å². The molecule has 3 heterocycles. The van der Waals surface area contributed by atoms with E-state index in [1.165, 1.54) is 16.2 Å². The number of carbonyl (C=O) groups excluding carboxylic acids is 2. The van der Waals surface area contributed by atoms with Crippen LogP contribution in [0.2, 0.25) is 0 Å². The molecule has 1 atom stereocenters. The summed E-state index contributed by atoms with van der Waals surface area (Å²) >= 11 is 1.27. The number of rotatable bonds is 4. The number of hydrogen-bond donors (Lipinski definition) is 0. The van der Waals surface area contributed by atoms with E-state index in [2.05, 4.69) is 0 Å². The lowest BCUT2D eigenvalue weighted by Gasteiger charge is -2.22. The van der Waals surface area contributed by atoms with Gasteiger partial charge in [0.05, 0.1) is 39.4 Å². The summed E-state index contributed by atoms with van der Waals surface area (Å²) < 4.78 is 11.8. The second-order valence-electron chi connectivity index (χ2n) is 8.56. The molecule has 0 N–H and O–H groups in total. The zero-order chi connectivity index (χ0) is 25.0. The third kappa shape index (κ3) is 3.41. The highest BCUT2D eigenvalue weighted by Crippen LogP contribution is 2.43. The summed E-state index contributed by atoms with van der Waals surface area (Å²) in [6, 6.07) is 19.0. The van der Waals surface area contributed by atoms with Gasteiger partial charge in [-0.05, 0) is 49.7 Å². The average Bonchev–Trinajstić information content (AvgIpc) is 3.43. The topological polar surface area (TPSA) is 89.7 Å². The Hall–Kier alpha value is -4.30. The van der Waals surface area contributed by atoms with Crippen molar-refractivity contribution < 1.29 is 18.7 Å². The minimum atomic E-state index is -0.695. The molecule has 0 radical (unpaired) electrons. The number of aryl methyl sites for hydroxylation is 1. The number of fused-ring (bicyclic) bond motifs is 3. The molecule has 2 aromatic heterocycles. The van der Waals surface area contributed by atoms with Crippen LogP contribution in [0.4, 0.5) is 5.13 Å². The number of benzene rings is 3. The van der Waals surface area contributed by atoms with Gasteiger partial charge in [0.25, 0.3) is 5.91 Å². The second kappa shape index (κ2) is 8.42. The van der Waals surface area contributed by atoms with Gasteiger partial charge in [-0.3, -0.25) is 14.5 Å². The fraction of sp³-hybridized carbons (Fsp3) is 0.143. The summed E-state index contributed by atoms with van der Waals surface area (Å²) in [6.07, 6.45) is 0. The summed E-state index contributed by atoms with van der Waals surface area (Å²) in [5.41, 5.74) is 3.32. The number of esters is 1. The highest BCUT2D eigenvalue weighted by atomic mass is 32.1. The Morgan fingerprint density at radius 2 is 1.86 bits per heavy atom. The first kappa shape index (κ1) is 22.2. The lowest BCUT2D eigenvalue weighted by molar-refractivity contribution is 0.0526. The number of amides is 1. The maximum Gasteiger partial charge on any atom is 0.338 e. The van der Waals surface area contributed by atoms with Crippen LogP contribution in [0.3, 0.4) is 0 Å². The molecule has 1 aliphatic heterocycles. The fourth-order valence-corrected chi connectivity index (χ4v) is 5.57. The lowest BCUT2D eigenvalue weighted by atomic mass is 9.98. The summed E-state index contributed by atoms with van der Waals surface area (Å²) in [4.78, 5) is 45.8. The van der Waals surface area contributed by atoms with Gasteiger partial charge in [-0.1, -0.05) is 53.3 Å². The van der Waals surface area contributed by atoms with Crippen LogP contribution in [0.5, 0.6) is 0 Å². The smallest absolute Gasteiger partial charge is 0.338 e. The molecular weight excluding hydrogens is 476 g/mol. The van der Waals surface area contributed by atoms with Crippen LogP contribution >= 0.6 is 11.3 Å². The van der Waals surface area contributed by atoms with Crippen molar-refractivity contribution in [2.45, 2.75) is 19.9 Å². The molecule has 178 valence electrons. The van der Waals surface area contributed by atoms with Crippen molar-refractivity contribution in [3.8, 4) is 0 Å². The van der Waals surface area contributed by atoms with Crippen molar-refractivity contribution in [2.24, 2.45) is 0 Å². The number of para-hydroxylation sites is 1. The van der Waals surface area contributed by atoms with E-state index in [-0.39, 0.29) is 17.8 Å². The zero-order valence-corrected chi connectivity index (χ0v) is 20.3. The van der Waals surface area contributed by atoms with Crippen LogP contribution in [0.25, 0.3) is 21.2 Å².